The lowest BCUT2D eigenvalue weighted by Crippen LogP contribution is -2.10. The van der Waals surface area contributed by atoms with Crippen molar-refractivity contribution >= 4 is 11.6 Å². The number of nitrogens with zero attached hydrogens (tertiary/aromatic N) is 1. The number of aryl methyl sites for hydroxylation is 1. The van der Waals surface area contributed by atoms with Gasteiger partial charge in [-0.05, 0) is 37.1 Å². The minimum Gasteiger partial charge on any atom is -0.490 e. The number of rotatable bonds is 8. The van der Waals surface area contributed by atoms with Crippen molar-refractivity contribution in [2.24, 2.45) is 0 Å². The summed E-state index contributed by atoms with van der Waals surface area (Å²) in [6, 6.07) is 13.2. The van der Waals surface area contributed by atoms with Crippen LogP contribution in [0.15, 0.2) is 36.4 Å². The predicted molar refractivity (Wildman–Crippen MR) is 94.1 cm³/mol. The predicted octanol–water partition coefficient (Wildman–Crippen LogP) is 4.63. The summed E-state index contributed by atoms with van der Waals surface area (Å²) in [6.07, 6.45) is 1.00. The Kier molecular flexibility index (Phi) is 6.77. The fourth-order valence-corrected chi connectivity index (χ4v) is 2.43. The lowest BCUT2D eigenvalue weighted by molar-refractivity contribution is 0.208. The standard InChI is InChI=1S/C19H20ClNO3/c1-3-14-5-7-16(8-6-14)23-9-10-24-19-17(20)11-15(13-21)12-18(19)22-4-2/h5-8,11-12H,3-4,9-10H2,1-2H3. The fourth-order valence-electron chi connectivity index (χ4n) is 2.16. The number of benzene rings is 2. The molecule has 4 nitrogen and oxygen atoms in total. The second-order valence-corrected chi connectivity index (χ2v) is 5.43. The van der Waals surface area contributed by atoms with Crippen LogP contribution in [-0.4, -0.2) is 19.8 Å². The molecule has 0 aromatic heterocycles. The molecule has 0 aliphatic rings. The molecule has 0 fully saturated rings. The van der Waals surface area contributed by atoms with E-state index in [9.17, 15) is 0 Å². The van der Waals surface area contributed by atoms with Crippen molar-refractivity contribution in [3.63, 3.8) is 0 Å². The van der Waals surface area contributed by atoms with Crippen LogP contribution in [0.3, 0.4) is 0 Å². The Morgan fingerprint density at radius 1 is 1.00 bits per heavy atom. The summed E-state index contributed by atoms with van der Waals surface area (Å²) >= 11 is 6.18. The molecule has 0 heterocycles. The highest BCUT2D eigenvalue weighted by Gasteiger charge is 2.12. The zero-order valence-corrected chi connectivity index (χ0v) is 14.6. The Hall–Kier alpha value is -2.38. The topological polar surface area (TPSA) is 51.5 Å². The van der Waals surface area contributed by atoms with Crippen LogP contribution >= 0.6 is 11.6 Å². The summed E-state index contributed by atoms with van der Waals surface area (Å²) < 4.78 is 16.8. The summed E-state index contributed by atoms with van der Waals surface area (Å²) in [6.45, 7) is 5.14. The van der Waals surface area contributed by atoms with Gasteiger partial charge in [0, 0.05) is 6.07 Å². The van der Waals surface area contributed by atoms with Crippen LogP contribution in [0.2, 0.25) is 5.02 Å². The van der Waals surface area contributed by atoms with E-state index in [2.05, 4.69) is 6.92 Å². The molecule has 126 valence electrons. The van der Waals surface area contributed by atoms with Crippen LogP contribution in [0.4, 0.5) is 0 Å². The van der Waals surface area contributed by atoms with Crippen LogP contribution in [0.25, 0.3) is 0 Å². The highest BCUT2D eigenvalue weighted by Crippen LogP contribution is 2.36. The van der Waals surface area contributed by atoms with Gasteiger partial charge in [-0.1, -0.05) is 30.7 Å². The maximum atomic E-state index is 9.00. The molecule has 0 aliphatic carbocycles. The zero-order chi connectivity index (χ0) is 17.4. The highest BCUT2D eigenvalue weighted by molar-refractivity contribution is 6.32. The van der Waals surface area contributed by atoms with Gasteiger partial charge in [0.05, 0.1) is 23.3 Å². The molecule has 0 N–H and O–H groups in total. The van der Waals surface area contributed by atoms with Crippen molar-refractivity contribution in [1.82, 2.24) is 0 Å². The largest absolute Gasteiger partial charge is 0.490 e. The van der Waals surface area contributed by atoms with Crippen LogP contribution in [0.5, 0.6) is 17.2 Å². The molecule has 0 amide bonds. The number of ether oxygens (including phenoxy) is 3. The van der Waals surface area contributed by atoms with Gasteiger partial charge in [-0.3, -0.25) is 0 Å². The van der Waals surface area contributed by atoms with Gasteiger partial charge in [0.1, 0.15) is 19.0 Å². The first-order valence-corrected chi connectivity index (χ1v) is 8.26. The monoisotopic (exact) mass is 345 g/mol. The SMILES string of the molecule is CCOc1cc(C#N)cc(Cl)c1OCCOc1ccc(CC)cc1. The van der Waals surface area contributed by atoms with E-state index < -0.39 is 0 Å². The van der Waals surface area contributed by atoms with Gasteiger partial charge in [-0.2, -0.15) is 5.26 Å². The van der Waals surface area contributed by atoms with E-state index in [0.29, 0.717) is 41.9 Å². The Morgan fingerprint density at radius 2 is 1.71 bits per heavy atom. The molecule has 2 rings (SSSR count). The first-order valence-electron chi connectivity index (χ1n) is 7.88. The van der Waals surface area contributed by atoms with E-state index in [1.165, 1.54) is 5.56 Å². The third kappa shape index (κ3) is 4.81. The van der Waals surface area contributed by atoms with Crippen molar-refractivity contribution in [1.29, 1.82) is 5.26 Å². The minimum absolute atomic E-state index is 0.321. The van der Waals surface area contributed by atoms with E-state index in [-0.39, 0.29) is 0 Å². The smallest absolute Gasteiger partial charge is 0.179 e. The maximum Gasteiger partial charge on any atom is 0.179 e. The number of halogens is 1. The van der Waals surface area contributed by atoms with E-state index in [0.717, 1.165) is 12.2 Å². The zero-order valence-electron chi connectivity index (χ0n) is 13.8. The summed E-state index contributed by atoms with van der Waals surface area (Å²) in [7, 11) is 0. The van der Waals surface area contributed by atoms with Crippen LogP contribution in [0.1, 0.15) is 25.0 Å². The molecular weight excluding hydrogens is 326 g/mol. The molecule has 0 atom stereocenters. The average molecular weight is 346 g/mol. The van der Waals surface area contributed by atoms with Gasteiger partial charge >= 0.3 is 0 Å². The third-order valence-electron chi connectivity index (χ3n) is 3.37. The Morgan fingerprint density at radius 3 is 2.33 bits per heavy atom. The molecule has 2 aromatic carbocycles. The van der Waals surface area contributed by atoms with Crippen molar-refractivity contribution in [3.05, 3.63) is 52.5 Å². The van der Waals surface area contributed by atoms with Crippen molar-refractivity contribution in [2.45, 2.75) is 20.3 Å². The number of nitriles is 1. The van der Waals surface area contributed by atoms with E-state index >= 15 is 0 Å². The lowest BCUT2D eigenvalue weighted by Gasteiger charge is -2.14. The minimum atomic E-state index is 0.321. The molecule has 0 saturated carbocycles. The second kappa shape index (κ2) is 9.05. The quantitative estimate of drug-likeness (QED) is 0.654. The highest BCUT2D eigenvalue weighted by atomic mass is 35.5. The first kappa shape index (κ1) is 18.0. The summed E-state index contributed by atoms with van der Waals surface area (Å²) in [5, 5.41) is 9.35. The lowest BCUT2D eigenvalue weighted by atomic mass is 10.2. The molecule has 0 bridgehead atoms. The Balaban J connectivity index is 1.94. The van der Waals surface area contributed by atoms with Crippen LogP contribution in [0, 0.1) is 11.3 Å². The summed E-state index contributed by atoms with van der Waals surface area (Å²) in [4.78, 5) is 0. The van der Waals surface area contributed by atoms with E-state index in [4.69, 9.17) is 31.1 Å². The van der Waals surface area contributed by atoms with Crippen LogP contribution < -0.4 is 14.2 Å². The Bertz CT molecular complexity index is 708. The van der Waals surface area contributed by atoms with Crippen LogP contribution in [-0.2, 0) is 6.42 Å². The van der Waals surface area contributed by atoms with Gasteiger partial charge in [-0.25, -0.2) is 0 Å². The van der Waals surface area contributed by atoms with Crippen molar-refractivity contribution in [3.8, 4) is 23.3 Å². The molecule has 24 heavy (non-hydrogen) atoms. The second-order valence-electron chi connectivity index (χ2n) is 5.02. The van der Waals surface area contributed by atoms with Gasteiger partial charge in [0.25, 0.3) is 0 Å². The van der Waals surface area contributed by atoms with Gasteiger partial charge in [-0.15, -0.1) is 0 Å². The summed E-state index contributed by atoms with van der Waals surface area (Å²) in [5.41, 5.74) is 1.70. The Labute approximate surface area is 147 Å². The molecule has 0 spiro atoms. The fraction of sp³-hybridized carbons (Fsp3) is 0.316. The molecule has 0 aliphatic heterocycles. The molecule has 0 unspecified atom stereocenters. The first-order chi connectivity index (χ1) is 11.7. The third-order valence-corrected chi connectivity index (χ3v) is 3.65. The van der Waals surface area contributed by atoms with Gasteiger partial charge in [0.15, 0.2) is 11.5 Å². The molecular formula is C19H20ClNO3. The maximum absolute atomic E-state index is 9.00. The average Bonchev–Trinajstić information content (AvgIpc) is 2.60. The summed E-state index contributed by atoms with van der Waals surface area (Å²) in [5.74, 6) is 1.70. The number of hydrogen-bond acceptors (Lipinski definition) is 4. The molecule has 5 heteroatoms. The molecule has 0 saturated heterocycles. The van der Waals surface area contributed by atoms with Gasteiger partial charge < -0.3 is 14.2 Å². The number of hydrogen-bond donors (Lipinski definition) is 0. The molecule has 0 radical (unpaired) electrons. The molecule has 2 aromatic rings. The van der Waals surface area contributed by atoms with E-state index in [1.807, 2.05) is 37.3 Å². The van der Waals surface area contributed by atoms with Gasteiger partial charge in [0.2, 0.25) is 0 Å². The van der Waals surface area contributed by atoms with E-state index in [1.54, 1.807) is 12.1 Å². The normalized spacial score (nSPS) is 10.1. The van der Waals surface area contributed by atoms with Crippen molar-refractivity contribution in [2.75, 3.05) is 19.8 Å². The van der Waals surface area contributed by atoms with Crippen molar-refractivity contribution < 1.29 is 14.2 Å².